The molecule has 0 bridgehead atoms. The van der Waals surface area contributed by atoms with Gasteiger partial charge in [0.2, 0.25) is 5.91 Å². The Morgan fingerprint density at radius 3 is 2.22 bits per heavy atom. The summed E-state index contributed by atoms with van der Waals surface area (Å²) in [5.74, 6) is 0.701. The van der Waals surface area contributed by atoms with Crippen LogP contribution < -0.4 is 15.4 Å². The van der Waals surface area contributed by atoms with Gasteiger partial charge in [-0.3, -0.25) is 4.79 Å². The van der Waals surface area contributed by atoms with Crippen LogP contribution in [0.3, 0.4) is 0 Å². The van der Waals surface area contributed by atoms with Crippen molar-refractivity contribution in [1.29, 1.82) is 0 Å². The number of amides is 1. The van der Waals surface area contributed by atoms with Crippen LogP contribution >= 0.6 is 22.6 Å². The zero-order valence-corrected chi connectivity index (χ0v) is 17.0. The number of halogens is 1. The predicted molar refractivity (Wildman–Crippen MR) is 118 cm³/mol. The topological polar surface area (TPSA) is 50.4 Å². The fourth-order valence-corrected chi connectivity index (χ4v) is 2.88. The third-order valence-electron chi connectivity index (χ3n) is 3.94. The van der Waals surface area contributed by atoms with Crippen molar-refractivity contribution in [3.63, 3.8) is 0 Å². The van der Waals surface area contributed by atoms with E-state index in [1.165, 1.54) is 5.56 Å². The minimum absolute atomic E-state index is 0.0914. The maximum absolute atomic E-state index is 12.1. The van der Waals surface area contributed by atoms with Gasteiger partial charge >= 0.3 is 0 Å². The van der Waals surface area contributed by atoms with E-state index in [0.717, 1.165) is 27.1 Å². The van der Waals surface area contributed by atoms with Crippen molar-refractivity contribution in [3.8, 4) is 5.75 Å². The summed E-state index contributed by atoms with van der Waals surface area (Å²) >= 11 is 2.25. The molecule has 0 radical (unpaired) electrons. The minimum atomic E-state index is -0.0914. The molecule has 5 heteroatoms. The average Bonchev–Trinajstić information content (AvgIpc) is 2.70. The molecule has 0 heterocycles. The SMILES string of the molecule is O=C(CNc1ccc(I)cc1)Nc1ccc(OCCc2ccccc2)cc1. The van der Waals surface area contributed by atoms with Gasteiger partial charge < -0.3 is 15.4 Å². The van der Waals surface area contributed by atoms with Crippen molar-refractivity contribution in [1.82, 2.24) is 0 Å². The van der Waals surface area contributed by atoms with Crippen LogP contribution in [0.25, 0.3) is 0 Å². The van der Waals surface area contributed by atoms with Crippen LogP contribution in [-0.4, -0.2) is 19.1 Å². The van der Waals surface area contributed by atoms with Crippen LogP contribution in [0, 0.1) is 3.57 Å². The highest BCUT2D eigenvalue weighted by molar-refractivity contribution is 14.1. The number of benzene rings is 3. The first-order valence-electron chi connectivity index (χ1n) is 8.75. The highest BCUT2D eigenvalue weighted by Gasteiger charge is 2.03. The molecule has 0 saturated carbocycles. The number of hydrogen-bond donors (Lipinski definition) is 2. The van der Waals surface area contributed by atoms with Gasteiger partial charge in [-0.2, -0.15) is 0 Å². The van der Waals surface area contributed by atoms with Crippen molar-refractivity contribution in [3.05, 3.63) is 88.0 Å². The molecular formula is C22H21IN2O2. The second-order valence-corrected chi connectivity index (χ2v) is 7.26. The van der Waals surface area contributed by atoms with Crippen molar-refractivity contribution in [2.45, 2.75) is 6.42 Å². The normalized spacial score (nSPS) is 10.3. The maximum Gasteiger partial charge on any atom is 0.243 e. The average molecular weight is 472 g/mol. The lowest BCUT2D eigenvalue weighted by molar-refractivity contribution is -0.114. The molecule has 0 spiro atoms. The Balaban J connectivity index is 1.41. The monoisotopic (exact) mass is 472 g/mol. The van der Waals surface area contributed by atoms with Crippen molar-refractivity contribution >= 4 is 39.9 Å². The van der Waals surface area contributed by atoms with Crippen LogP contribution in [0.4, 0.5) is 11.4 Å². The molecule has 0 fully saturated rings. The van der Waals surface area contributed by atoms with E-state index >= 15 is 0 Å². The van der Waals surface area contributed by atoms with Crippen LogP contribution in [-0.2, 0) is 11.2 Å². The lowest BCUT2D eigenvalue weighted by atomic mass is 10.2. The van der Waals surface area contributed by atoms with Gasteiger partial charge in [-0.25, -0.2) is 0 Å². The van der Waals surface area contributed by atoms with E-state index in [4.69, 9.17) is 4.74 Å². The molecule has 0 aliphatic carbocycles. The maximum atomic E-state index is 12.1. The summed E-state index contributed by atoms with van der Waals surface area (Å²) in [5.41, 5.74) is 2.93. The lowest BCUT2D eigenvalue weighted by Crippen LogP contribution is -2.21. The third-order valence-corrected chi connectivity index (χ3v) is 4.66. The molecule has 0 atom stereocenters. The van der Waals surface area contributed by atoms with Gasteiger partial charge in [0.15, 0.2) is 0 Å². The fourth-order valence-electron chi connectivity index (χ4n) is 2.52. The summed E-state index contributed by atoms with van der Waals surface area (Å²) in [6, 6.07) is 25.6. The van der Waals surface area contributed by atoms with Crippen molar-refractivity contribution in [2.24, 2.45) is 0 Å². The van der Waals surface area contributed by atoms with Crippen LogP contribution in [0.1, 0.15) is 5.56 Å². The molecule has 0 aliphatic heterocycles. The number of hydrogen-bond acceptors (Lipinski definition) is 3. The predicted octanol–water partition coefficient (Wildman–Crippen LogP) is 4.96. The Morgan fingerprint density at radius 1 is 0.852 bits per heavy atom. The second-order valence-electron chi connectivity index (χ2n) is 6.02. The van der Waals surface area contributed by atoms with E-state index in [1.807, 2.05) is 66.7 Å². The van der Waals surface area contributed by atoms with Crippen LogP contribution in [0.2, 0.25) is 0 Å². The molecule has 27 heavy (non-hydrogen) atoms. The second kappa shape index (κ2) is 9.97. The Kier molecular flexibility index (Phi) is 7.10. The molecule has 0 aliphatic rings. The highest BCUT2D eigenvalue weighted by Crippen LogP contribution is 2.16. The Morgan fingerprint density at radius 2 is 1.52 bits per heavy atom. The molecule has 3 aromatic rings. The smallest absolute Gasteiger partial charge is 0.243 e. The summed E-state index contributed by atoms with van der Waals surface area (Å²) < 4.78 is 6.92. The van der Waals surface area contributed by atoms with E-state index in [9.17, 15) is 4.79 Å². The fraction of sp³-hybridized carbons (Fsp3) is 0.136. The molecular weight excluding hydrogens is 451 g/mol. The summed E-state index contributed by atoms with van der Waals surface area (Å²) in [5, 5.41) is 5.98. The van der Waals surface area contributed by atoms with E-state index in [1.54, 1.807) is 0 Å². The number of carbonyl (C=O) groups excluding carboxylic acids is 1. The summed E-state index contributed by atoms with van der Waals surface area (Å²) in [6.07, 6.45) is 0.865. The minimum Gasteiger partial charge on any atom is -0.493 e. The number of carbonyl (C=O) groups is 1. The molecule has 3 aromatic carbocycles. The number of nitrogens with one attached hydrogen (secondary N) is 2. The molecule has 3 rings (SSSR count). The summed E-state index contributed by atoms with van der Waals surface area (Å²) in [4.78, 5) is 12.1. The third kappa shape index (κ3) is 6.60. The van der Waals surface area contributed by atoms with Gasteiger partial charge in [-0.05, 0) is 76.7 Å². The van der Waals surface area contributed by atoms with Crippen molar-refractivity contribution < 1.29 is 9.53 Å². The van der Waals surface area contributed by atoms with Crippen LogP contribution in [0.5, 0.6) is 5.75 Å². The molecule has 2 N–H and O–H groups in total. The molecule has 1 amide bonds. The molecule has 4 nitrogen and oxygen atoms in total. The highest BCUT2D eigenvalue weighted by atomic mass is 127. The molecule has 0 aromatic heterocycles. The quantitative estimate of drug-likeness (QED) is 0.456. The van der Waals surface area contributed by atoms with Gasteiger partial charge in [0.25, 0.3) is 0 Å². The standard InChI is InChI=1S/C22H21IN2O2/c23-18-6-8-19(9-7-18)24-16-22(26)25-20-10-12-21(13-11-20)27-15-14-17-4-2-1-3-5-17/h1-13,24H,14-16H2,(H,25,26). The van der Waals surface area contributed by atoms with Gasteiger partial charge in [0.05, 0.1) is 13.2 Å². The molecule has 0 unspecified atom stereocenters. The summed E-state index contributed by atoms with van der Waals surface area (Å²) in [7, 11) is 0. The zero-order valence-electron chi connectivity index (χ0n) is 14.8. The first kappa shape index (κ1) is 19.2. The van der Waals surface area contributed by atoms with E-state index in [-0.39, 0.29) is 12.5 Å². The lowest BCUT2D eigenvalue weighted by Gasteiger charge is -2.10. The Bertz CT molecular complexity index is 850. The van der Waals surface area contributed by atoms with Crippen LogP contribution in [0.15, 0.2) is 78.9 Å². The van der Waals surface area contributed by atoms with Gasteiger partial charge in [0.1, 0.15) is 5.75 Å². The zero-order chi connectivity index (χ0) is 18.9. The van der Waals surface area contributed by atoms with Gasteiger partial charge in [-0.1, -0.05) is 30.3 Å². The first-order chi connectivity index (χ1) is 13.2. The van der Waals surface area contributed by atoms with Gasteiger partial charge in [0, 0.05) is 21.4 Å². The number of rotatable bonds is 8. The summed E-state index contributed by atoms with van der Waals surface area (Å²) in [6.45, 7) is 0.839. The molecule has 138 valence electrons. The first-order valence-corrected chi connectivity index (χ1v) is 9.83. The van der Waals surface area contributed by atoms with Gasteiger partial charge in [-0.15, -0.1) is 0 Å². The number of ether oxygens (including phenoxy) is 1. The Labute approximate surface area is 173 Å². The molecule has 0 saturated heterocycles. The van der Waals surface area contributed by atoms with E-state index < -0.39 is 0 Å². The number of anilines is 2. The van der Waals surface area contributed by atoms with E-state index in [2.05, 4.69) is 45.4 Å². The largest absolute Gasteiger partial charge is 0.493 e. The Hall–Kier alpha value is -2.54. The van der Waals surface area contributed by atoms with E-state index in [0.29, 0.717) is 6.61 Å². The van der Waals surface area contributed by atoms with Crippen molar-refractivity contribution in [2.75, 3.05) is 23.8 Å².